The fraction of sp³-hybridized carbons (Fsp3) is 0.520. The van der Waals surface area contributed by atoms with Crippen LogP contribution in [0.5, 0.6) is 5.75 Å². The van der Waals surface area contributed by atoms with E-state index in [4.69, 9.17) is 20.4 Å². The van der Waals surface area contributed by atoms with Crippen molar-refractivity contribution in [1.29, 1.82) is 0 Å². The minimum atomic E-state index is -4.64. The first-order valence-corrected chi connectivity index (χ1v) is 12.1. The molecule has 2 heterocycles. The van der Waals surface area contributed by atoms with Gasteiger partial charge < -0.3 is 26.0 Å². The van der Waals surface area contributed by atoms with Crippen molar-refractivity contribution in [2.75, 3.05) is 11.9 Å². The largest absolute Gasteiger partial charge is 0.507 e. The predicted molar refractivity (Wildman–Crippen MR) is 131 cm³/mol. The zero-order valence-corrected chi connectivity index (χ0v) is 20.9. The van der Waals surface area contributed by atoms with Crippen molar-refractivity contribution in [3.63, 3.8) is 0 Å². The van der Waals surface area contributed by atoms with Gasteiger partial charge in [0, 0.05) is 18.2 Å². The number of aromatic nitrogens is 2. The molecule has 5 N–H and O–H groups in total. The first kappa shape index (κ1) is 29.8. The van der Waals surface area contributed by atoms with Crippen LogP contribution in [0.4, 0.5) is 19.0 Å². The number of ether oxygens (including phenoxy) is 1. The van der Waals surface area contributed by atoms with Gasteiger partial charge in [0.05, 0.1) is 17.7 Å². The van der Waals surface area contributed by atoms with E-state index in [1.807, 2.05) is 6.92 Å². The maximum atomic E-state index is 13.3. The number of unbranched alkanes of at least 4 members (excludes halogenated alkanes) is 2. The van der Waals surface area contributed by atoms with E-state index in [0.29, 0.717) is 24.5 Å². The van der Waals surface area contributed by atoms with Crippen LogP contribution in [0.25, 0.3) is 11.3 Å². The van der Waals surface area contributed by atoms with Gasteiger partial charge in [-0.1, -0.05) is 33.1 Å². The summed E-state index contributed by atoms with van der Waals surface area (Å²) in [6.07, 6.45) is 1.08. The number of fused-ring (bicyclic) bond motifs is 3. The van der Waals surface area contributed by atoms with Gasteiger partial charge in [-0.3, -0.25) is 9.59 Å². The van der Waals surface area contributed by atoms with Crippen molar-refractivity contribution in [3.05, 3.63) is 34.4 Å². The number of amides is 1. The molecule has 0 spiro atoms. The summed E-state index contributed by atoms with van der Waals surface area (Å²) < 4.78 is 45.6. The number of carbonyl (C=O) groups is 2. The number of hydrogen-bond donors (Lipinski definition) is 4. The Balaban J connectivity index is 0.00000153. The molecular formula is C25H33F3N4O5. The van der Waals surface area contributed by atoms with Crippen LogP contribution < -0.4 is 11.1 Å². The molecular weight excluding hydrogens is 493 g/mol. The van der Waals surface area contributed by atoms with Crippen molar-refractivity contribution in [2.24, 2.45) is 5.73 Å². The standard InChI is InChI=1S/C24H31F3N4O3.CH2O2/c1-3-5-6-8-16(4-2)29-23-20(22(28)33)17-9-7-10-34-13-14-11-15(24(25,26)27)12-18(32)19(14)21(17)30-31-23;2-1-3/h11-12,16,32H,3-10,13H2,1-2H3,(H2,28,33)(H,29,31);1H,(H,2,3)/t16-;/m0./s1. The lowest BCUT2D eigenvalue weighted by atomic mass is 9.93. The first-order chi connectivity index (χ1) is 17.6. The lowest BCUT2D eigenvalue weighted by Gasteiger charge is -2.22. The van der Waals surface area contributed by atoms with E-state index in [1.165, 1.54) is 0 Å². The molecule has 1 amide bonds. The van der Waals surface area contributed by atoms with Gasteiger partial charge in [0.15, 0.2) is 5.82 Å². The van der Waals surface area contributed by atoms with Crippen LogP contribution in [-0.4, -0.2) is 45.4 Å². The monoisotopic (exact) mass is 526 g/mol. The van der Waals surface area contributed by atoms with Gasteiger partial charge in [0.25, 0.3) is 12.4 Å². The average Bonchev–Trinajstić information content (AvgIpc) is 2.92. The Labute approximate surface area is 213 Å². The Bertz CT molecular complexity index is 1080. The van der Waals surface area contributed by atoms with E-state index in [0.717, 1.165) is 38.2 Å². The average molecular weight is 527 g/mol. The second kappa shape index (κ2) is 13.8. The number of primary amides is 1. The zero-order valence-electron chi connectivity index (χ0n) is 20.9. The summed E-state index contributed by atoms with van der Waals surface area (Å²) in [4.78, 5) is 20.9. The summed E-state index contributed by atoms with van der Waals surface area (Å²) in [7, 11) is 0. The number of nitrogens with one attached hydrogen (secondary N) is 1. The summed E-state index contributed by atoms with van der Waals surface area (Å²) in [5.74, 6) is -1.07. The van der Waals surface area contributed by atoms with Crippen LogP contribution in [0, 0.1) is 0 Å². The smallest absolute Gasteiger partial charge is 0.416 e. The van der Waals surface area contributed by atoms with Gasteiger partial charge in [-0.2, -0.15) is 13.2 Å². The lowest BCUT2D eigenvalue weighted by molar-refractivity contribution is -0.137. The van der Waals surface area contributed by atoms with Crippen molar-refractivity contribution in [2.45, 2.75) is 77.6 Å². The summed E-state index contributed by atoms with van der Waals surface area (Å²) in [5.41, 5.74) is 5.68. The van der Waals surface area contributed by atoms with E-state index in [1.54, 1.807) is 0 Å². The molecule has 12 heteroatoms. The summed E-state index contributed by atoms with van der Waals surface area (Å²) in [6, 6.07) is 1.65. The van der Waals surface area contributed by atoms with Crippen LogP contribution in [0.3, 0.4) is 0 Å². The number of rotatable bonds is 8. The van der Waals surface area contributed by atoms with E-state index in [9.17, 15) is 23.1 Å². The van der Waals surface area contributed by atoms with Gasteiger partial charge in [-0.15, -0.1) is 10.2 Å². The third kappa shape index (κ3) is 7.78. The molecule has 1 aromatic carbocycles. The normalized spacial score (nSPS) is 14.0. The number of aromatic hydroxyl groups is 1. The number of anilines is 1. The van der Waals surface area contributed by atoms with Gasteiger partial charge in [0.1, 0.15) is 11.4 Å². The van der Waals surface area contributed by atoms with Gasteiger partial charge >= 0.3 is 6.18 Å². The highest BCUT2D eigenvalue weighted by atomic mass is 19.4. The number of benzene rings is 1. The van der Waals surface area contributed by atoms with Gasteiger partial charge in [-0.25, -0.2) is 0 Å². The van der Waals surface area contributed by atoms with Gasteiger partial charge in [0.2, 0.25) is 0 Å². The molecule has 1 aliphatic rings. The van der Waals surface area contributed by atoms with Crippen LogP contribution in [-0.2, 0) is 28.7 Å². The molecule has 0 saturated carbocycles. The number of carboxylic acid groups (broad SMARTS) is 1. The van der Waals surface area contributed by atoms with E-state index in [2.05, 4.69) is 22.4 Å². The molecule has 0 bridgehead atoms. The quantitative estimate of drug-likeness (QED) is 0.280. The summed E-state index contributed by atoms with van der Waals surface area (Å²) >= 11 is 0. The van der Waals surface area contributed by atoms with E-state index in [-0.39, 0.29) is 53.9 Å². The first-order valence-electron chi connectivity index (χ1n) is 12.1. The predicted octanol–water partition coefficient (Wildman–Crippen LogP) is 4.90. The Morgan fingerprint density at radius 1 is 1.27 bits per heavy atom. The third-order valence-electron chi connectivity index (χ3n) is 6.05. The number of nitrogens with zero attached hydrogens (tertiary/aromatic N) is 2. The molecule has 204 valence electrons. The Kier molecular flexibility index (Phi) is 11.1. The Morgan fingerprint density at radius 2 is 1.97 bits per heavy atom. The maximum absolute atomic E-state index is 13.3. The molecule has 0 unspecified atom stereocenters. The molecule has 1 aromatic heterocycles. The zero-order chi connectivity index (χ0) is 27.6. The van der Waals surface area contributed by atoms with Crippen LogP contribution in [0.15, 0.2) is 12.1 Å². The summed E-state index contributed by atoms with van der Waals surface area (Å²) in [6.45, 7) is 4.02. The molecule has 0 aliphatic carbocycles. The van der Waals surface area contributed by atoms with Crippen molar-refractivity contribution in [1.82, 2.24) is 10.2 Å². The number of phenolic OH excluding ortho intramolecular Hbond substituents is 1. The van der Waals surface area contributed by atoms with E-state index >= 15 is 0 Å². The fourth-order valence-corrected chi connectivity index (χ4v) is 4.26. The minimum absolute atomic E-state index is 0.0618. The second-order valence-electron chi connectivity index (χ2n) is 8.65. The van der Waals surface area contributed by atoms with Gasteiger partial charge in [-0.05, 0) is 48.9 Å². The number of alkyl halides is 3. The van der Waals surface area contributed by atoms with E-state index < -0.39 is 23.4 Å². The minimum Gasteiger partial charge on any atom is -0.507 e. The summed E-state index contributed by atoms with van der Waals surface area (Å²) in [5, 5.41) is 29.3. The SMILES string of the molecule is CCCCC[C@H](CC)Nc1nnc2c(c1C(N)=O)CCCOCc1cc(C(F)(F)F)cc(O)c1-2.O=CO. The second-order valence-corrected chi connectivity index (χ2v) is 8.65. The van der Waals surface area contributed by atoms with Crippen molar-refractivity contribution in [3.8, 4) is 17.0 Å². The molecule has 3 rings (SSSR count). The van der Waals surface area contributed by atoms with Crippen molar-refractivity contribution >= 4 is 18.2 Å². The van der Waals surface area contributed by atoms with Crippen LogP contribution in [0.1, 0.15) is 79.4 Å². The highest BCUT2D eigenvalue weighted by Crippen LogP contribution is 2.41. The lowest BCUT2D eigenvalue weighted by Crippen LogP contribution is -2.25. The fourth-order valence-electron chi connectivity index (χ4n) is 4.26. The van der Waals surface area contributed by atoms with Crippen molar-refractivity contribution < 1.29 is 37.7 Å². The third-order valence-corrected chi connectivity index (χ3v) is 6.05. The molecule has 1 atom stereocenters. The Hall–Kier alpha value is -3.41. The molecule has 0 saturated heterocycles. The topological polar surface area (TPSA) is 148 Å². The van der Waals surface area contributed by atoms with Crippen LogP contribution in [0.2, 0.25) is 0 Å². The molecule has 1 aliphatic heterocycles. The molecule has 9 nitrogen and oxygen atoms in total. The number of hydrogen-bond acceptors (Lipinski definition) is 7. The number of phenols is 1. The Morgan fingerprint density at radius 3 is 2.57 bits per heavy atom. The highest BCUT2D eigenvalue weighted by molar-refractivity contribution is 6.01. The molecule has 0 radical (unpaired) electrons. The molecule has 0 fully saturated rings. The number of halogens is 3. The molecule has 37 heavy (non-hydrogen) atoms. The van der Waals surface area contributed by atoms with Crippen LogP contribution >= 0.6 is 0 Å². The maximum Gasteiger partial charge on any atom is 0.416 e. The number of nitrogens with two attached hydrogens (primary N) is 1. The highest BCUT2D eigenvalue weighted by Gasteiger charge is 2.34. The molecule has 2 aromatic rings. The number of carbonyl (C=O) groups excluding carboxylic acids is 1.